The Bertz CT molecular complexity index is 755. The molecule has 2 aromatic rings. The molecule has 1 N–H and O–H groups in total. The standard InChI is InChI=1S/C16H17ClN2O3/c1-10-5-4-6-15(20)19(10)11(2)16(21)18-12-7-8-14(22-3)13(17)9-12/h4-9,11H,1-3H3,(H,18,21). The first-order valence-corrected chi connectivity index (χ1v) is 7.14. The van der Waals surface area contributed by atoms with Gasteiger partial charge in [0.25, 0.3) is 5.56 Å². The summed E-state index contributed by atoms with van der Waals surface area (Å²) in [4.78, 5) is 24.3. The van der Waals surface area contributed by atoms with Gasteiger partial charge in [0, 0.05) is 17.4 Å². The van der Waals surface area contributed by atoms with Crippen LogP contribution < -0.4 is 15.6 Å². The van der Waals surface area contributed by atoms with Gasteiger partial charge in [0.15, 0.2) is 0 Å². The number of halogens is 1. The minimum Gasteiger partial charge on any atom is -0.495 e. The molecule has 22 heavy (non-hydrogen) atoms. The number of carbonyl (C=O) groups excluding carboxylic acids is 1. The first-order valence-electron chi connectivity index (χ1n) is 6.76. The molecule has 1 unspecified atom stereocenters. The maximum absolute atomic E-state index is 12.3. The zero-order valence-electron chi connectivity index (χ0n) is 12.6. The van der Waals surface area contributed by atoms with Crippen molar-refractivity contribution in [1.29, 1.82) is 0 Å². The Kier molecular flexibility index (Phi) is 4.88. The van der Waals surface area contributed by atoms with E-state index in [9.17, 15) is 9.59 Å². The lowest BCUT2D eigenvalue weighted by atomic mass is 10.2. The number of ether oxygens (including phenoxy) is 1. The van der Waals surface area contributed by atoms with Crippen molar-refractivity contribution in [2.45, 2.75) is 19.9 Å². The van der Waals surface area contributed by atoms with E-state index < -0.39 is 6.04 Å². The molecule has 1 aromatic heterocycles. The molecule has 0 bridgehead atoms. The van der Waals surface area contributed by atoms with E-state index in [0.717, 1.165) is 5.69 Å². The van der Waals surface area contributed by atoms with Crippen molar-refractivity contribution >= 4 is 23.2 Å². The van der Waals surface area contributed by atoms with Crippen molar-refractivity contribution in [3.63, 3.8) is 0 Å². The summed E-state index contributed by atoms with van der Waals surface area (Å²) in [6, 6.07) is 9.22. The smallest absolute Gasteiger partial charge is 0.251 e. The summed E-state index contributed by atoms with van der Waals surface area (Å²) in [6.07, 6.45) is 0. The lowest BCUT2D eigenvalue weighted by Gasteiger charge is -2.17. The lowest BCUT2D eigenvalue weighted by molar-refractivity contribution is -0.118. The maximum Gasteiger partial charge on any atom is 0.251 e. The van der Waals surface area contributed by atoms with E-state index in [1.54, 1.807) is 44.2 Å². The van der Waals surface area contributed by atoms with Crippen LogP contribution in [0.4, 0.5) is 5.69 Å². The Morgan fingerprint density at radius 3 is 2.64 bits per heavy atom. The van der Waals surface area contributed by atoms with Gasteiger partial charge in [-0.1, -0.05) is 17.7 Å². The normalized spacial score (nSPS) is 11.8. The number of anilines is 1. The molecule has 1 amide bonds. The van der Waals surface area contributed by atoms with Crippen LogP contribution in [0.15, 0.2) is 41.2 Å². The van der Waals surface area contributed by atoms with Crippen LogP contribution in [-0.4, -0.2) is 17.6 Å². The number of amides is 1. The van der Waals surface area contributed by atoms with E-state index in [1.165, 1.54) is 17.7 Å². The monoisotopic (exact) mass is 320 g/mol. The van der Waals surface area contributed by atoms with E-state index in [1.807, 2.05) is 0 Å². The van der Waals surface area contributed by atoms with Gasteiger partial charge in [-0.25, -0.2) is 0 Å². The number of nitrogens with one attached hydrogen (secondary N) is 1. The number of nitrogens with zero attached hydrogens (tertiary/aromatic N) is 1. The molecule has 0 aliphatic carbocycles. The summed E-state index contributed by atoms with van der Waals surface area (Å²) in [5.74, 6) is 0.237. The summed E-state index contributed by atoms with van der Waals surface area (Å²) >= 11 is 6.03. The van der Waals surface area contributed by atoms with Crippen molar-refractivity contribution in [3.05, 3.63) is 57.5 Å². The fraction of sp³-hybridized carbons (Fsp3) is 0.250. The third-order valence-electron chi connectivity index (χ3n) is 3.38. The third-order valence-corrected chi connectivity index (χ3v) is 3.68. The minimum absolute atomic E-state index is 0.213. The second-order valence-corrected chi connectivity index (χ2v) is 5.30. The highest BCUT2D eigenvalue weighted by Gasteiger charge is 2.18. The summed E-state index contributed by atoms with van der Waals surface area (Å²) in [5, 5.41) is 3.15. The number of aryl methyl sites for hydroxylation is 1. The molecule has 0 saturated heterocycles. The third kappa shape index (κ3) is 3.31. The van der Waals surface area contributed by atoms with Gasteiger partial charge in [-0.15, -0.1) is 0 Å². The first-order chi connectivity index (χ1) is 10.4. The zero-order chi connectivity index (χ0) is 16.3. The first kappa shape index (κ1) is 16.1. The van der Waals surface area contributed by atoms with Crippen LogP contribution in [0.5, 0.6) is 5.75 Å². The predicted octanol–water partition coefficient (Wildman–Crippen LogP) is 3.02. The van der Waals surface area contributed by atoms with Crippen LogP contribution in [0.2, 0.25) is 5.02 Å². The Balaban J connectivity index is 2.22. The zero-order valence-corrected chi connectivity index (χ0v) is 13.3. The van der Waals surface area contributed by atoms with Gasteiger partial charge >= 0.3 is 0 Å². The van der Waals surface area contributed by atoms with Gasteiger partial charge in [0.1, 0.15) is 11.8 Å². The number of hydrogen-bond donors (Lipinski definition) is 1. The lowest BCUT2D eigenvalue weighted by Crippen LogP contribution is -2.32. The molecule has 0 spiro atoms. The fourth-order valence-corrected chi connectivity index (χ4v) is 2.47. The summed E-state index contributed by atoms with van der Waals surface area (Å²) in [5.41, 5.74) is 1.06. The van der Waals surface area contributed by atoms with Gasteiger partial charge in [0.2, 0.25) is 5.91 Å². The molecule has 0 saturated carbocycles. The molecular weight excluding hydrogens is 304 g/mol. The Morgan fingerprint density at radius 1 is 1.32 bits per heavy atom. The maximum atomic E-state index is 12.3. The molecule has 0 aliphatic rings. The van der Waals surface area contributed by atoms with Gasteiger partial charge < -0.3 is 14.6 Å². The number of methoxy groups -OCH3 is 1. The molecular formula is C16H17ClN2O3. The molecule has 1 heterocycles. The van der Waals surface area contributed by atoms with E-state index in [-0.39, 0.29) is 11.5 Å². The van der Waals surface area contributed by atoms with Crippen LogP contribution in [-0.2, 0) is 4.79 Å². The summed E-state index contributed by atoms with van der Waals surface area (Å²) in [7, 11) is 1.52. The topological polar surface area (TPSA) is 60.3 Å². The Hall–Kier alpha value is -2.27. The fourth-order valence-electron chi connectivity index (χ4n) is 2.21. The van der Waals surface area contributed by atoms with Gasteiger partial charge in [-0.05, 0) is 38.1 Å². The number of rotatable bonds is 4. The van der Waals surface area contributed by atoms with Crippen molar-refractivity contribution in [3.8, 4) is 5.75 Å². The van der Waals surface area contributed by atoms with Crippen molar-refractivity contribution in [2.75, 3.05) is 12.4 Å². The molecule has 2 rings (SSSR count). The highest BCUT2D eigenvalue weighted by Crippen LogP contribution is 2.27. The average Bonchev–Trinajstić information content (AvgIpc) is 2.47. The predicted molar refractivity (Wildman–Crippen MR) is 86.8 cm³/mol. The number of hydrogen-bond acceptors (Lipinski definition) is 3. The SMILES string of the molecule is COc1ccc(NC(=O)C(C)n2c(C)cccc2=O)cc1Cl. The second-order valence-electron chi connectivity index (χ2n) is 4.89. The molecule has 5 nitrogen and oxygen atoms in total. The van der Waals surface area contributed by atoms with E-state index in [4.69, 9.17) is 16.3 Å². The number of aromatic nitrogens is 1. The molecule has 0 aliphatic heterocycles. The molecule has 1 atom stereocenters. The molecule has 0 radical (unpaired) electrons. The van der Waals surface area contributed by atoms with E-state index in [0.29, 0.717) is 16.5 Å². The Morgan fingerprint density at radius 2 is 2.05 bits per heavy atom. The average molecular weight is 321 g/mol. The van der Waals surface area contributed by atoms with Crippen molar-refractivity contribution in [1.82, 2.24) is 4.57 Å². The van der Waals surface area contributed by atoms with Crippen LogP contribution in [0, 0.1) is 6.92 Å². The number of carbonyl (C=O) groups is 1. The van der Waals surface area contributed by atoms with Gasteiger partial charge in [-0.2, -0.15) is 0 Å². The number of benzene rings is 1. The van der Waals surface area contributed by atoms with E-state index >= 15 is 0 Å². The molecule has 6 heteroatoms. The summed E-state index contributed by atoms with van der Waals surface area (Å²) in [6.45, 7) is 3.46. The molecule has 0 fully saturated rings. The van der Waals surface area contributed by atoms with Gasteiger partial charge in [-0.3, -0.25) is 9.59 Å². The van der Waals surface area contributed by atoms with Gasteiger partial charge in [0.05, 0.1) is 12.1 Å². The quantitative estimate of drug-likeness (QED) is 0.942. The van der Waals surface area contributed by atoms with Crippen LogP contribution in [0.3, 0.4) is 0 Å². The van der Waals surface area contributed by atoms with Crippen molar-refractivity contribution < 1.29 is 9.53 Å². The Labute approximate surface area is 133 Å². The largest absolute Gasteiger partial charge is 0.495 e. The molecule has 1 aromatic carbocycles. The summed E-state index contributed by atoms with van der Waals surface area (Å²) < 4.78 is 6.51. The van der Waals surface area contributed by atoms with Crippen molar-refractivity contribution in [2.24, 2.45) is 0 Å². The van der Waals surface area contributed by atoms with Crippen LogP contribution in [0.25, 0.3) is 0 Å². The van der Waals surface area contributed by atoms with Crippen LogP contribution in [0.1, 0.15) is 18.7 Å². The highest BCUT2D eigenvalue weighted by molar-refractivity contribution is 6.32. The minimum atomic E-state index is -0.630. The number of pyridine rings is 1. The van der Waals surface area contributed by atoms with Crippen LogP contribution >= 0.6 is 11.6 Å². The second kappa shape index (κ2) is 6.66. The molecule has 116 valence electrons. The highest BCUT2D eigenvalue weighted by atomic mass is 35.5. The van der Waals surface area contributed by atoms with E-state index in [2.05, 4.69) is 5.32 Å².